The Hall–Kier alpha value is -4.05. The lowest BCUT2D eigenvalue weighted by molar-refractivity contribution is 0.370. The van der Waals surface area contributed by atoms with Gasteiger partial charge in [-0.05, 0) is 61.9 Å². The van der Waals surface area contributed by atoms with Crippen LogP contribution in [-0.2, 0) is 0 Å². The molecular weight excluding hydrogens is 466 g/mol. The Bertz CT molecular complexity index is 1450. The zero-order chi connectivity index (χ0) is 25.2. The first-order chi connectivity index (χ1) is 17.4. The van der Waals surface area contributed by atoms with E-state index in [-0.39, 0.29) is 17.5 Å². The van der Waals surface area contributed by atoms with Crippen LogP contribution in [0.15, 0.2) is 64.5 Å². The van der Waals surface area contributed by atoms with Gasteiger partial charge in [-0.2, -0.15) is 0 Å². The van der Waals surface area contributed by atoms with Gasteiger partial charge in [0.25, 0.3) is 0 Å². The van der Waals surface area contributed by atoms with Crippen LogP contribution in [0, 0.1) is 11.6 Å². The minimum atomic E-state index is -0.797. The number of benzene rings is 2. The quantitative estimate of drug-likeness (QED) is 0.319. The number of pyridine rings is 1. The van der Waals surface area contributed by atoms with Crippen LogP contribution in [0.25, 0.3) is 16.7 Å². The van der Waals surface area contributed by atoms with Crippen molar-refractivity contribution in [3.05, 3.63) is 76.8 Å². The Morgan fingerprint density at radius 1 is 1.14 bits per heavy atom. The zero-order valence-corrected chi connectivity index (χ0v) is 20.0. The van der Waals surface area contributed by atoms with E-state index in [1.54, 1.807) is 50.8 Å². The average molecular weight is 493 g/mol. The van der Waals surface area contributed by atoms with E-state index in [0.29, 0.717) is 23.6 Å². The number of piperidine rings is 1. The molecular formula is C26H26F2N6O2. The van der Waals surface area contributed by atoms with Crippen LogP contribution in [0.4, 0.5) is 14.6 Å². The molecule has 2 aromatic carbocycles. The molecule has 0 radical (unpaired) electrons. The summed E-state index contributed by atoms with van der Waals surface area (Å²) in [5, 5.41) is 3.37. The molecule has 1 aliphatic rings. The summed E-state index contributed by atoms with van der Waals surface area (Å²) in [5.41, 5.74) is 1.67. The number of para-hydroxylation sites is 1. The summed E-state index contributed by atoms with van der Waals surface area (Å²) in [7, 11) is 3.71. The maximum absolute atomic E-state index is 14.0. The summed E-state index contributed by atoms with van der Waals surface area (Å²) >= 11 is 0. The summed E-state index contributed by atoms with van der Waals surface area (Å²) in [6.45, 7) is 1.62. The monoisotopic (exact) mass is 492 g/mol. The molecule has 4 aromatic rings. The highest BCUT2D eigenvalue weighted by Crippen LogP contribution is 2.31. The number of halogens is 2. The van der Waals surface area contributed by atoms with Crippen LogP contribution in [0.1, 0.15) is 18.9 Å². The van der Waals surface area contributed by atoms with Crippen molar-refractivity contribution < 1.29 is 13.5 Å². The summed E-state index contributed by atoms with van der Waals surface area (Å²) < 4.78 is 36.9. The molecule has 1 fully saturated rings. The maximum Gasteiger partial charge on any atom is 0.334 e. The fourth-order valence-corrected chi connectivity index (χ4v) is 4.42. The van der Waals surface area contributed by atoms with Crippen molar-refractivity contribution >= 4 is 23.2 Å². The maximum atomic E-state index is 14.0. The van der Waals surface area contributed by atoms with E-state index >= 15 is 0 Å². The summed E-state index contributed by atoms with van der Waals surface area (Å²) in [4.78, 5) is 24.6. The molecule has 0 aliphatic carbocycles. The Morgan fingerprint density at radius 2 is 1.89 bits per heavy atom. The number of fused-ring (bicyclic) bond motifs is 1. The second kappa shape index (κ2) is 9.90. The van der Waals surface area contributed by atoms with E-state index in [1.807, 2.05) is 20.2 Å². The minimum absolute atomic E-state index is 0.00489. The fraction of sp³-hybridized carbons (Fsp3) is 0.269. The molecule has 1 saturated heterocycles. The van der Waals surface area contributed by atoms with Crippen molar-refractivity contribution in [1.29, 1.82) is 0 Å². The lowest BCUT2D eigenvalue weighted by Crippen LogP contribution is -2.36. The Morgan fingerprint density at radius 3 is 2.56 bits per heavy atom. The second-order valence-electron chi connectivity index (χ2n) is 8.85. The Kier molecular flexibility index (Phi) is 6.51. The SMILES string of the molecule is CN(C)C=Nc1nccc2c1n(-c1ccc(Oc3c(F)cccc3F)cc1)c(=O)n2[C@@H]1CCCNC1. The van der Waals surface area contributed by atoms with E-state index in [1.165, 1.54) is 6.07 Å². The van der Waals surface area contributed by atoms with Crippen LogP contribution in [0.3, 0.4) is 0 Å². The van der Waals surface area contributed by atoms with E-state index < -0.39 is 17.4 Å². The molecule has 0 amide bonds. The molecule has 0 spiro atoms. The van der Waals surface area contributed by atoms with Crippen LogP contribution in [0.2, 0.25) is 0 Å². The molecule has 1 aliphatic heterocycles. The van der Waals surface area contributed by atoms with Gasteiger partial charge in [0.2, 0.25) is 0 Å². The predicted octanol–water partition coefficient (Wildman–Crippen LogP) is 4.40. The lowest BCUT2D eigenvalue weighted by Gasteiger charge is -2.23. The number of ether oxygens (including phenoxy) is 1. The Labute approximate surface area is 206 Å². The summed E-state index contributed by atoms with van der Waals surface area (Å²) in [5.74, 6) is -1.43. The predicted molar refractivity (Wildman–Crippen MR) is 135 cm³/mol. The van der Waals surface area contributed by atoms with E-state index in [9.17, 15) is 13.6 Å². The van der Waals surface area contributed by atoms with Crippen molar-refractivity contribution in [2.45, 2.75) is 18.9 Å². The summed E-state index contributed by atoms with van der Waals surface area (Å²) in [6, 6.07) is 11.8. The van der Waals surface area contributed by atoms with Gasteiger partial charge < -0.3 is 15.0 Å². The second-order valence-corrected chi connectivity index (χ2v) is 8.85. The van der Waals surface area contributed by atoms with Gasteiger partial charge in [-0.1, -0.05) is 6.07 Å². The van der Waals surface area contributed by atoms with Gasteiger partial charge in [0.05, 0.1) is 23.6 Å². The van der Waals surface area contributed by atoms with Gasteiger partial charge in [-0.3, -0.25) is 9.13 Å². The van der Waals surface area contributed by atoms with Crippen molar-refractivity contribution in [2.24, 2.45) is 4.99 Å². The number of hydrogen-bond donors (Lipinski definition) is 1. The van der Waals surface area contributed by atoms with Gasteiger partial charge in [-0.25, -0.2) is 23.6 Å². The number of rotatable bonds is 6. The first-order valence-electron chi connectivity index (χ1n) is 11.7. The first-order valence-corrected chi connectivity index (χ1v) is 11.7. The van der Waals surface area contributed by atoms with Crippen molar-refractivity contribution in [3.8, 4) is 17.2 Å². The molecule has 5 rings (SSSR count). The van der Waals surface area contributed by atoms with Gasteiger partial charge in [0.1, 0.15) is 11.3 Å². The number of hydrogen-bond acceptors (Lipinski definition) is 5. The molecule has 1 N–H and O–H groups in total. The smallest absolute Gasteiger partial charge is 0.334 e. The van der Waals surface area contributed by atoms with E-state index in [0.717, 1.165) is 37.0 Å². The molecule has 186 valence electrons. The summed E-state index contributed by atoms with van der Waals surface area (Å²) in [6.07, 6.45) is 5.14. The van der Waals surface area contributed by atoms with E-state index in [2.05, 4.69) is 15.3 Å². The molecule has 1 atom stereocenters. The third kappa shape index (κ3) is 4.47. The van der Waals surface area contributed by atoms with Crippen molar-refractivity contribution in [2.75, 3.05) is 27.2 Å². The van der Waals surface area contributed by atoms with Crippen molar-refractivity contribution in [1.82, 2.24) is 24.3 Å². The standard InChI is InChI=1S/C26H26F2N6O2/c1-32(2)16-31-25-23-22(12-14-30-25)33(18-5-4-13-29-15-18)26(35)34(23)17-8-10-19(11-9-17)36-24-20(27)6-3-7-21(24)28/h3,6-12,14,16,18,29H,4-5,13,15H2,1-2H3/t18-/m1/s1. The minimum Gasteiger partial charge on any atom is -0.451 e. The highest BCUT2D eigenvalue weighted by atomic mass is 19.1. The van der Waals surface area contributed by atoms with Gasteiger partial charge in [0.15, 0.2) is 23.2 Å². The lowest BCUT2D eigenvalue weighted by atomic mass is 10.1. The number of imidazole rings is 1. The van der Waals surface area contributed by atoms with Gasteiger partial charge in [-0.15, -0.1) is 0 Å². The molecule has 8 nitrogen and oxygen atoms in total. The molecule has 2 aromatic heterocycles. The number of nitrogens with zero attached hydrogens (tertiary/aromatic N) is 5. The highest BCUT2D eigenvalue weighted by molar-refractivity contribution is 5.88. The van der Waals surface area contributed by atoms with Crippen molar-refractivity contribution in [3.63, 3.8) is 0 Å². The molecule has 10 heteroatoms. The van der Waals surface area contributed by atoms with Crippen LogP contribution in [-0.4, -0.2) is 52.5 Å². The third-order valence-corrected chi connectivity index (χ3v) is 6.04. The van der Waals surface area contributed by atoms with Crippen LogP contribution < -0.4 is 15.7 Å². The number of aliphatic imine (C=N–C) groups is 1. The average Bonchev–Trinajstić information content (AvgIpc) is 3.18. The number of nitrogens with one attached hydrogen (secondary N) is 1. The molecule has 0 saturated carbocycles. The van der Waals surface area contributed by atoms with E-state index in [4.69, 9.17) is 4.74 Å². The normalized spacial score (nSPS) is 16.1. The molecule has 3 heterocycles. The highest BCUT2D eigenvalue weighted by Gasteiger charge is 2.25. The molecule has 0 bridgehead atoms. The molecule has 36 heavy (non-hydrogen) atoms. The third-order valence-electron chi connectivity index (χ3n) is 6.04. The largest absolute Gasteiger partial charge is 0.451 e. The first kappa shape index (κ1) is 23.7. The fourth-order valence-electron chi connectivity index (χ4n) is 4.42. The molecule has 0 unspecified atom stereocenters. The zero-order valence-electron chi connectivity index (χ0n) is 20.0. The van der Waals surface area contributed by atoms with Gasteiger partial charge >= 0.3 is 5.69 Å². The van der Waals surface area contributed by atoms with Crippen LogP contribution >= 0.6 is 0 Å². The van der Waals surface area contributed by atoms with Crippen LogP contribution in [0.5, 0.6) is 11.5 Å². The Balaban J connectivity index is 1.62. The topological polar surface area (TPSA) is 76.7 Å². The van der Waals surface area contributed by atoms with Gasteiger partial charge in [0, 0.05) is 26.8 Å². The number of aromatic nitrogens is 3.